The van der Waals surface area contributed by atoms with Crippen molar-refractivity contribution in [1.29, 1.82) is 0 Å². The van der Waals surface area contributed by atoms with Crippen molar-refractivity contribution in [1.82, 2.24) is 0 Å². The Morgan fingerprint density at radius 1 is 0.667 bits per heavy atom. The topological polar surface area (TPSA) is 23.6 Å². The molecule has 0 saturated heterocycles. The van der Waals surface area contributed by atoms with E-state index in [1.807, 2.05) is 0 Å². The molecule has 2 aromatic carbocycles. The number of allylic oxidation sites excluding steroid dienone is 2. The minimum atomic E-state index is -3.28. The molecule has 33 heavy (non-hydrogen) atoms. The van der Waals surface area contributed by atoms with Crippen LogP contribution in [0.3, 0.4) is 0 Å². The van der Waals surface area contributed by atoms with E-state index in [4.69, 9.17) is 0 Å². The molecule has 0 spiro atoms. The minimum absolute atomic E-state index is 0.326. The Morgan fingerprint density at radius 3 is 1.33 bits per heavy atom. The van der Waals surface area contributed by atoms with E-state index in [2.05, 4.69) is 119 Å². The molecule has 0 atom stereocenters. The predicted molar refractivity (Wildman–Crippen MR) is 144 cm³/mol. The monoisotopic (exact) mass is 506 g/mol. The zero-order chi connectivity index (χ0) is 24.6. The molecular weight excluding hydrogens is 465 g/mol. The molecule has 0 bridgehead atoms. The van der Waals surface area contributed by atoms with Crippen molar-refractivity contribution in [2.45, 2.75) is 86.0 Å². The van der Waals surface area contributed by atoms with E-state index in [0.29, 0.717) is 23.7 Å². The third-order valence-electron chi connectivity index (χ3n) is 6.53. The first-order valence-corrected chi connectivity index (χ1v) is 15.0. The molecule has 4 heteroatoms. The normalized spacial score (nSPS) is 14.9. The number of hydrogen-bond acceptors (Lipinski definition) is 1. The molecule has 0 saturated carbocycles. The molecule has 0 amide bonds. The summed E-state index contributed by atoms with van der Waals surface area (Å²) in [5.41, 5.74) is 9.05. The van der Waals surface area contributed by atoms with Crippen LogP contribution in [0.25, 0.3) is 0 Å². The molecule has 1 aliphatic heterocycles. The zero-order valence-electron chi connectivity index (χ0n) is 21.9. The molecule has 3 nitrogen and oxygen atoms in total. The summed E-state index contributed by atoms with van der Waals surface area (Å²) < 4.78 is 18.9. The van der Waals surface area contributed by atoms with Crippen LogP contribution in [0.5, 0.6) is 0 Å². The number of nitrogens with zero attached hydrogens (tertiary/aromatic N) is 2. The van der Waals surface area contributed by atoms with Crippen LogP contribution in [0.1, 0.15) is 108 Å². The van der Waals surface area contributed by atoms with Crippen molar-refractivity contribution in [3.8, 4) is 0 Å². The van der Waals surface area contributed by atoms with Crippen molar-refractivity contribution >= 4 is 26.1 Å². The third kappa shape index (κ3) is 4.75. The van der Waals surface area contributed by atoms with Crippen LogP contribution in [-0.4, -0.2) is 14.7 Å². The Bertz CT molecular complexity index is 1040. The summed E-state index contributed by atoms with van der Waals surface area (Å²) in [6, 6.07) is 13.0. The second-order valence-electron chi connectivity index (χ2n) is 10.4. The number of benzene rings is 2. The van der Waals surface area contributed by atoms with Gasteiger partial charge in [0.05, 0.1) is 0 Å². The first-order chi connectivity index (χ1) is 15.5. The maximum absolute atomic E-state index is 14.6. The van der Waals surface area contributed by atoms with Crippen LogP contribution in [0.2, 0.25) is 0 Å². The Morgan fingerprint density at radius 2 is 1.00 bits per heavy atom. The van der Waals surface area contributed by atoms with Gasteiger partial charge in [-0.1, -0.05) is 0 Å². The van der Waals surface area contributed by atoms with Crippen molar-refractivity contribution in [2.75, 3.05) is 7.71 Å². The molecule has 0 fully saturated rings. The van der Waals surface area contributed by atoms with Gasteiger partial charge in [-0.3, -0.25) is 0 Å². The van der Waals surface area contributed by atoms with Crippen LogP contribution >= 0.6 is 0 Å². The number of para-hydroxylation sites is 2. The van der Waals surface area contributed by atoms with E-state index < -0.39 is 14.7 Å². The molecule has 0 N–H and O–H groups in total. The van der Waals surface area contributed by atoms with Crippen molar-refractivity contribution < 1.29 is 3.78 Å². The van der Waals surface area contributed by atoms with Crippen LogP contribution in [0.15, 0.2) is 60.4 Å². The molecular formula is C29H40GeN2O. The van der Waals surface area contributed by atoms with Gasteiger partial charge in [-0.2, -0.15) is 0 Å². The summed E-state index contributed by atoms with van der Waals surface area (Å²) in [6.07, 6.45) is 2.11. The number of rotatable bonds is 6. The van der Waals surface area contributed by atoms with Gasteiger partial charge in [0.1, 0.15) is 0 Å². The maximum atomic E-state index is 14.6. The summed E-state index contributed by atoms with van der Waals surface area (Å²) in [6.45, 7) is 24.2. The summed E-state index contributed by atoms with van der Waals surface area (Å²) in [4.78, 5) is 0. The van der Waals surface area contributed by atoms with E-state index in [9.17, 15) is 3.78 Å². The van der Waals surface area contributed by atoms with Crippen LogP contribution in [0, 0.1) is 0 Å². The van der Waals surface area contributed by atoms with E-state index in [1.54, 1.807) is 0 Å². The Kier molecular flexibility index (Phi) is 7.73. The average molecular weight is 505 g/mol. The Labute approximate surface area is 206 Å². The first-order valence-electron chi connectivity index (χ1n) is 12.2. The van der Waals surface area contributed by atoms with Crippen LogP contribution < -0.4 is 7.71 Å². The SMILES string of the molecule is C=C1C=C(C)[N](c2c(C(C)C)cccc2C(C)C)[Ge](=[O])[N]1c1c(C(C)C)cccc1C(C)C. The second kappa shape index (κ2) is 10.0. The number of anilines is 2. The molecule has 0 radical (unpaired) electrons. The van der Waals surface area contributed by atoms with Gasteiger partial charge in [-0.05, 0) is 0 Å². The molecule has 1 aliphatic rings. The molecule has 3 rings (SSSR count). The van der Waals surface area contributed by atoms with Gasteiger partial charge in [-0.15, -0.1) is 0 Å². The quantitative estimate of drug-likeness (QED) is 0.369. The first kappa shape index (κ1) is 25.5. The molecule has 0 aromatic heterocycles. The fraction of sp³-hybridized carbons (Fsp3) is 0.448. The van der Waals surface area contributed by atoms with Gasteiger partial charge in [0.15, 0.2) is 0 Å². The Balaban J connectivity index is 2.31. The third-order valence-corrected chi connectivity index (χ3v) is 10.4. The second-order valence-corrected chi connectivity index (χ2v) is 13.5. The summed E-state index contributed by atoms with van der Waals surface area (Å²) in [5.74, 6) is 1.33. The molecule has 2 aromatic rings. The predicted octanol–water partition coefficient (Wildman–Crippen LogP) is 8.34. The van der Waals surface area contributed by atoms with Gasteiger partial charge < -0.3 is 0 Å². The molecule has 0 aliphatic carbocycles. The standard InChI is InChI=1S/C29H40GeN2O/c1-18(2)24-13-11-14-25(19(3)4)28(24)31-22(9)17-23(10)32(30(31)33)29-26(20(5)6)15-12-16-27(29)21(7)8/h11-21H,9H2,1-8,10H3. The van der Waals surface area contributed by atoms with Crippen LogP contribution in [0.4, 0.5) is 11.4 Å². The summed E-state index contributed by atoms with van der Waals surface area (Å²) in [7, 11) is 0. The average Bonchev–Trinajstić information content (AvgIpc) is 2.72. The molecule has 0 unspecified atom stereocenters. The van der Waals surface area contributed by atoms with Gasteiger partial charge >= 0.3 is 206 Å². The zero-order valence-corrected chi connectivity index (χ0v) is 24.0. The Hall–Kier alpha value is -2.14. The van der Waals surface area contributed by atoms with Crippen molar-refractivity contribution in [3.05, 3.63) is 82.7 Å². The van der Waals surface area contributed by atoms with Gasteiger partial charge in [-0.25, -0.2) is 0 Å². The van der Waals surface area contributed by atoms with E-state index in [0.717, 1.165) is 22.8 Å². The van der Waals surface area contributed by atoms with E-state index in [-0.39, 0.29) is 0 Å². The van der Waals surface area contributed by atoms with Crippen LogP contribution in [-0.2, 0) is 3.78 Å². The van der Waals surface area contributed by atoms with Gasteiger partial charge in [0.25, 0.3) is 0 Å². The fourth-order valence-corrected chi connectivity index (χ4v) is 8.52. The molecule has 1 heterocycles. The fourth-order valence-electron chi connectivity index (χ4n) is 4.80. The van der Waals surface area contributed by atoms with E-state index in [1.165, 1.54) is 22.3 Å². The summed E-state index contributed by atoms with van der Waals surface area (Å²) in [5, 5.41) is 0. The number of hydrogen-bond donors (Lipinski definition) is 0. The van der Waals surface area contributed by atoms with Crippen molar-refractivity contribution in [2.24, 2.45) is 0 Å². The van der Waals surface area contributed by atoms with Crippen molar-refractivity contribution in [3.63, 3.8) is 0 Å². The molecule has 176 valence electrons. The van der Waals surface area contributed by atoms with Gasteiger partial charge in [0.2, 0.25) is 0 Å². The van der Waals surface area contributed by atoms with E-state index >= 15 is 0 Å². The van der Waals surface area contributed by atoms with Gasteiger partial charge in [0, 0.05) is 0 Å². The summed E-state index contributed by atoms with van der Waals surface area (Å²) >= 11 is -3.28.